The van der Waals surface area contributed by atoms with Crippen molar-refractivity contribution in [3.63, 3.8) is 0 Å². The molecule has 7 nitrogen and oxygen atoms in total. The summed E-state index contributed by atoms with van der Waals surface area (Å²) in [5.74, 6) is 1.77. The molecule has 0 saturated carbocycles. The lowest BCUT2D eigenvalue weighted by Crippen LogP contribution is -2.12. The van der Waals surface area contributed by atoms with Crippen LogP contribution in [0, 0.1) is 0 Å². The first-order chi connectivity index (χ1) is 13.1. The highest BCUT2D eigenvalue weighted by atomic mass is 16.5. The first-order valence-corrected chi connectivity index (χ1v) is 8.34. The molecule has 0 radical (unpaired) electrons. The molecular weight excluding hydrogens is 348 g/mol. The largest absolute Gasteiger partial charge is 0.495 e. The number of ether oxygens (including phenoxy) is 4. The highest BCUT2D eigenvalue weighted by Crippen LogP contribution is 2.35. The summed E-state index contributed by atoms with van der Waals surface area (Å²) in [5.41, 5.74) is 8.77. The molecule has 0 aliphatic carbocycles. The number of nitrogens with two attached hydrogens (primary N) is 1. The minimum absolute atomic E-state index is 0.472. The number of hydrogen-bond donors (Lipinski definition) is 2. The number of rotatable bonds is 7. The van der Waals surface area contributed by atoms with E-state index in [-0.39, 0.29) is 0 Å². The molecule has 2 rings (SSSR count). The number of carbonyl (C=O) groups is 1. The Kier molecular flexibility index (Phi) is 6.93. The molecule has 2 aromatic carbocycles. The molecule has 0 aliphatic heterocycles. The second-order valence-corrected chi connectivity index (χ2v) is 5.41. The minimum Gasteiger partial charge on any atom is -0.495 e. The maximum Gasteiger partial charge on any atom is 0.411 e. The van der Waals surface area contributed by atoms with Crippen molar-refractivity contribution in [3.8, 4) is 17.2 Å². The van der Waals surface area contributed by atoms with Gasteiger partial charge >= 0.3 is 6.09 Å². The molecule has 0 fully saturated rings. The van der Waals surface area contributed by atoms with Crippen molar-refractivity contribution in [3.05, 3.63) is 53.7 Å². The van der Waals surface area contributed by atoms with E-state index in [2.05, 4.69) is 10.1 Å². The zero-order valence-corrected chi connectivity index (χ0v) is 15.9. The van der Waals surface area contributed by atoms with Crippen LogP contribution in [0.1, 0.15) is 18.1 Å². The van der Waals surface area contributed by atoms with Gasteiger partial charge in [-0.25, -0.2) is 4.79 Å². The Morgan fingerprint density at radius 1 is 1.00 bits per heavy atom. The van der Waals surface area contributed by atoms with Crippen LogP contribution < -0.4 is 25.3 Å². The van der Waals surface area contributed by atoms with Crippen LogP contribution in [-0.4, -0.2) is 34.0 Å². The quantitative estimate of drug-likeness (QED) is 0.771. The van der Waals surface area contributed by atoms with Crippen molar-refractivity contribution in [2.45, 2.75) is 6.92 Å². The fourth-order valence-electron chi connectivity index (χ4n) is 2.61. The van der Waals surface area contributed by atoms with Gasteiger partial charge in [-0.2, -0.15) is 0 Å². The van der Waals surface area contributed by atoms with Crippen LogP contribution in [0.2, 0.25) is 0 Å². The van der Waals surface area contributed by atoms with Gasteiger partial charge in [0.1, 0.15) is 5.75 Å². The third kappa shape index (κ3) is 4.63. The number of hydrogen-bond acceptors (Lipinski definition) is 6. The standard InChI is InChI=1S/C20H24N2O5/c1-5-27-19-11-14(7-9-18(19)25-3)15(12-21)13-6-8-17(24-2)16(10-13)22-20(23)26-4/h6-12H,5,21H2,1-4H3,(H,22,23)/b15-12-. The average molecular weight is 372 g/mol. The van der Waals surface area contributed by atoms with E-state index in [1.165, 1.54) is 20.4 Å². The van der Waals surface area contributed by atoms with Crippen molar-refractivity contribution in [1.29, 1.82) is 0 Å². The van der Waals surface area contributed by atoms with Gasteiger partial charge in [0.2, 0.25) is 0 Å². The van der Waals surface area contributed by atoms with Crippen LogP contribution >= 0.6 is 0 Å². The Morgan fingerprint density at radius 2 is 1.63 bits per heavy atom. The van der Waals surface area contributed by atoms with Gasteiger partial charge in [-0.15, -0.1) is 0 Å². The number of carbonyl (C=O) groups excluding carboxylic acids is 1. The average Bonchev–Trinajstić information content (AvgIpc) is 2.69. The Bertz CT molecular complexity index is 833. The lowest BCUT2D eigenvalue weighted by molar-refractivity contribution is 0.187. The van der Waals surface area contributed by atoms with E-state index in [1.807, 2.05) is 31.2 Å². The van der Waals surface area contributed by atoms with Gasteiger partial charge in [0, 0.05) is 11.8 Å². The summed E-state index contributed by atoms with van der Waals surface area (Å²) in [6.07, 6.45) is 0.910. The van der Waals surface area contributed by atoms with Gasteiger partial charge in [-0.3, -0.25) is 5.32 Å². The number of nitrogens with one attached hydrogen (secondary N) is 1. The van der Waals surface area contributed by atoms with Crippen LogP contribution in [0.4, 0.5) is 10.5 Å². The van der Waals surface area contributed by atoms with Crippen LogP contribution in [0.3, 0.4) is 0 Å². The van der Waals surface area contributed by atoms with Crippen molar-refractivity contribution in [1.82, 2.24) is 0 Å². The normalized spacial score (nSPS) is 10.9. The molecule has 144 valence electrons. The van der Waals surface area contributed by atoms with Crippen LogP contribution in [0.15, 0.2) is 42.6 Å². The number of anilines is 1. The van der Waals surface area contributed by atoms with Crippen molar-refractivity contribution in [2.24, 2.45) is 5.73 Å². The number of amides is 1. The van der Waals surface area contributed by atoms with Gasteiger partial charge in [0.05, 0.1) is 33.6 Å². The predicted octanol–water partition coefficient (Wildman–Crippen LogP) is 3.63. The van der Waals surface area contributed by atoms with E-state index in [9.17, 15) is 4.79 Å². The number of methoxy groups -OCH3 is 3. The second kappa shape index (κ2) is 9.38. The lowest BCUT2D eigenvalue weighted by Gasteiger charge is -2.15. The molecule has 0 heterocycles. The Balaban J connectivity index is 2.47. The first-order valence-electron chi connectivity index (χ1n) is 8.34. The van der Waals surface area contributed by atoms with Crippen LogP contribution in [-0.2, 0) is 4.74 Å². The summed E-state index contributed by atoms with van der Waals surface area (Å²) >= 11 is 0. The monoisotopic (exact) mass is 372 g/mol. The van der Waals surface area contributed by atoms with E-state index < -0.39 is 6.09 Å². The molecule has 0 unspecified atom stereocenters. The molecule has 0 saturated heterocycles. The Labute approximate surface area is 158 Å². The maximum atomic E-state index is 11.6. The Morgan fingerprint density at radius 3 is 2.19 bits per heavy atom. The molecule has 0 bridgehead atoms. The molecule has 0 atom stereocenters. The molecule has 0 aliphatic rings. The minimum atomic E-state index is -0.591. The van der Waals surface area contributed by atoms with E-state index in [1.54, 1.807) is 19.2 Å². The smallest absolute Gasteiger partial charge is 0.411 e. The molecular formula is C20H24N2O5. The zero-order chi connectivity index (χ0) is 19.8. The zero-order valence-electron chi connectivity index (χ0n) is 15.9. The third-order valence-corrected chi connectivity index (χ3v) is 3.87. The van der Waals surface area contributed by atoms with Crippen molar-refractivity contribution >= 4 is 17.4 Å². The SMILES string of the molecule is CCOc1cc(/C(=C\N)c2ccc(OC)c(NC(=O)OC)c2)ccc1OC. The summed E-state index contributed by atoms with van der Waals surface area (Å²) in [6.45, 7) is 2.41. The van der Waals surface area contributed by atoms with Crippen LogP contribution in [0.5, 0.6) is 17.2 Å². The molecule has 0 aromatic heterocycles. The molecule has 27 heavy (non-hydrogen) atoms. The third-order valence-electron chi connectivity index (χ3n) is 3.87. The summed E-state index contributed by atoms with van der Waals surface area (Å²) in [5, 5.41) is 2.63. The molecule has 2 aromatic rings. The predicted molar refractivity (Wildman–Crippen MR) is 104 cm³/mol. The first kappa shape index (κ1) is 20.0. The van der Waals surface area contributed by atoms with Gasteiger partial charge in [-0.1, -0.05) is 12.1 Å². The molecule has 0 spiro atoms. The summed E-state index contributed by atoms with van der Waals surface area (Å²) in [6, 6.07) is 10.9. The van der Waals surface area contributed by atoms with Gasteiger partial charge in [-0.05, 0) is 42.3 Å². The maximum absolute atomic E-state index is 11.6. The van der Waals surface area contributed by atoms with Crippen molar-refractivity contribution in [2.75, 3.05) is 33.3 Å². The van der Waals surface area contributed by atoms with E-state index in [0.29, 0.717) is 29.5 Å². The van der Waals surface area contributed by atoms with E-state index >= 15 is 0 Å². The van der Waals surface area contributed by atoms with E-state index in [4.69, 9.17) is 19.9 Å². The van der Waals surface area contributed by atoms with E-state index in [0.717, 1.165) is 16.7 Å². The van der Waals surface area contributed by atoms with Crippen LogP contribution in [0.25, 0.3) is 5.57 Å². The Hall–Kier alpha value is -3.35. The molecule has 7 heteroatoms. The fourth-order valence-corrected chi connectivity index (χ4v) is 2.61. The van der Waals surface area contributed by atoms with Gasteiger partial charge < -0.3 is 24.7 Å². The number of benzene rings is 2. The lowest BCUT2D eigenvalue weighted by atomic mass is 9.97. The molecule has 3 N–H and O–H groups in total. The van der Waals surface area contributed by atoms with Crippen molar-refractivity contribution < 1.29 is 23.7 Å². The van der Waals surface area contributed by atoms with Gasteiger partial charge in [0.15, 0.2) is 11.5 Å². The summed E-state index contributed by atoms with van der Waals surface area (Å²) in [4.78, 5) is 11.6. The highest BCUT2D eigenvalue weighted by molar-refractivity contribution is 5.89. The summed E-state index contributed by atoms with van der Waals surface area (Å²) < 4.78 is 20.9. The topological polar surface area (TPSA) is 92.0 Å². The summed E-state index contributed by atoms with van der Waals surface area (Å²) in [7, 11) is 4.41. The van der Waals surface area contributed by atoms with Gasteiger partial charge in [0.25, 0.3) is 0 Å². The second-order valence-electron chi connectivity index (χ2n) is 5.41. The molecule has 1 amide bonds. The fraction of sp³-hybridized carbons (Fsp3) is 0.250. The highest BCUT2D eigenvalue weighted by Gasteiger charge is 2.14.